The van der Waals surface area contributed by atoms with Gasteiger partial charge in [0.1, 0.15) is 0 Å². The second-order valence-electron chi connectivity index (χ2n) is 5.07. The van der Waals surface area contributed by atoms with Crippen molar-refractivity contribution in [2.75, 3.05) is 6.54 Å². The van der Waals surface area contributed by atoms with Crippen LogP contribution >= 0.6 is 0 Å². The van der Waals surface area contributed by atoms with Crippen molar-refractivity contribution >= 4 is 11.9 Å². The molecule has 0 aliphatic heterocycles. The second-order valence-corrected chi connectivity index (χ2v) is 5.07. The molecule has 5 nitrogen and oxygen atoms in total. The number of hydrogen-bond donors (Lipinski definition) is 3. The van der Waals surface area contributed by atoms with Gasteiger partial charge < -0.3 is 5.32 Å². The molecule has 0 fully saturated rings. The summed E-state index contributed by atoms with van der Waals surface area (Å²) in [6.45, 7) is 4.91. The van der Waals surface area contributed by atoms with Crippen LogP contribution < -0.4 is 16.2 Å². The number of rotatable bonds is 7. The van der Waals surface area contributed by atoms with Gasteiger partial charge >= 0.3 is 6.03 Å². The van der Waals surface area contributed by atoms with Gasteiger partial charge in [-0.15, -0.1) is 0 Å². The smallest absolute Gasteiger partial charge is 0.333 e. The quantitative estimate of drug-likeness (QED) is 0.676. The van der Waals surface area contributed by atoms with Crippen LogP contribution in [0.25, 0.3) is 0 Å². The average molecular weight is 291 g/mol. The van der Waals surface area contributed by atoms with Gasteiger partial charge in [-0.2, -0.15) is 0 Å². The van der Waals surface area contributed by atoms with E-state index in [-0.39, 0.29) is 11.9 Å². The van der Waals surface area contributed by atoms with Crippen LogP contribution in [0.2, 0.25) is 0 Å². The Hall–Kier alpha value is -2.04. The summed E-state index contributed by atoms with van der Waals surface area (Å²) < 4.78 is 0. The van der Waals surface area contributed by atoms with Crippen molar-refractivity contribution in [3.63, 3.8) is 0 Å². The number of hydrazine groups is 1. The highest BCUT2D eigenvalue weighted by Crippen LogP contribution is 2.10. The molecule has 0 heterocycles. The number of hydrogen-bond acceptors (Lipinski definition) is 2. The number of urea groups is 1. The molecule has 0 radical (unpaired) electrons. The van der Waals surface area contributed by atoms with Crippen molar-refractivity contribution in [3.8, 4) is 0 Å². The molecule has 0 spiro atoms. The third-order valence-electron chi connectivity index (χ3n) is 3.42. The largest absolute Gasteiger partial charge is 0.336 e. The molecule has 21 heavy (non-hydrogen) atoms. The fraction of sp³-hybridized carbons (Fsp3) is 0.500. The zero-order chi connectivity index (χ0) is 15.5. The van der Waals surface area contributed by atoms with Crippen molar-refractivity contribution in [1.29, 1.82) is 0 Å². The van der Waals surface area contributed by atoms with Crippen LogP contribution in [0.4, 0.5) is 4.79 Å². The van der Waals surface area contributed by atoms with E-state index in [2.05, 4.69) is 30.0 Å². The summed E-state index contributed by atoms with van der Waals surface area (Å²) in [6, 6.07) is 8.37. The third kappa shape index (κ3) is 6.79. The van der Waals surface area contributed by atoms with Gasteiger partial charge in [-0.3, -0.25) is 10.2 Å². The molecule has 5 heteroatoms. The van der Waals surface area contributed by atoms with Crippen LogP contribution in [0, 0.1) is 5.92 Å². The van der Waals surface area contributed by atoms with E-state index in [4.69, 9.17) is 0 Å². The lowest BCUT2D eigenvalue weighted by Crippen LogP contribution is -2.47. The summed E-state index contributed by atoms with van der Waals surface area (Å²) in [5.74, 6) is 0.157. The maximum atomic E-state index is 11.7. The lowest BCUT2D eigenvalue weighted by atomic mass is 9.99. The van der Waals surface area contributed by atoms with E-state index in [1.807, 2.05) is 6.07 Å². The monoisotopic (exact) mass is 291 g/mol. The summed E-state index contributed by atoms with van der Waals surface area (Å²) in [5.41, 5.74) is 5.26. The predicted molar refractivity (Wildman–Crippen MR) is 83.7 cm³/mol. The molecule has 3 N–H and O–H groups in total. The molecule has 1 rings (SSSR count). The van der Waals surface area contributed by atoms with Crippen molar-refractivity contribution in [2.45, 2.75) is 39.5 Å². The third-order valence-corrected chi connectivity index (χ3v) is 3.42. The molecule has 3 amide bonds. The highest BCUT2D eigenvalue weighted by molar-refractivity contribution is 5.95. The van der Waals surface area contributed by atoms with Crippen LogP contribution in [0.1, 0.15) is 49.9 Å². The minimum atomic E-state index is -0.380. The minimum Gasteiger partial charge on any atom is -0.336 e. The van der Waals surface area contributed by atoms with E-state index in [0.717, 1.165) is 19.3 Å². The molecule has 0 bridgehead atoms. The van der Waals surface area contributed by atoms with Gasteiger partial charge in [0.05, 0.1) is 0 Å². The number of amides is 3. The molecule has 1 aromatic rings. The standard InChI is InChI=1S/C16H25N3O2/c1-3-5-9-13(4-2)12-17-16(21)19-18-15(20)14-10-7-6-8-11-14/h6-8,10-11,13H,3-5,9,12H2,1-2H3,(H,18,20)(H2,17,19,21). The first-order valence-corrected chi connectivity index (χ1v) is 7.56. The lowest BCUT2D eigenvalue weighted by Gasteiger charge is -2.15. The lowest BCUT2D eigenvalue weighted by molar-refractivity contribution is 0.0936. The molecular weight excluding hydrogens is 266 g/mol. The SMILES string of the molecule is CCCCC(CC)CNC(=O)NNC(=O)c1ccccc1. The van der Waals surface area contributed by atoms with Gasteiger partial charge in [0.15, 0.2) is 0 Å². The molecule has 1 atom stereocenters. The Morgan fingerprint density at radius 1 is 1.10 bits per heavy atom. The highest BCUT2D eigenvalue weighted by atomic mass is 16.2. The molecular formula is C16H25N3O2. The molecule has 116 valence electrons. The molecule has 1 aromatic carbocycles. The summed E-state index contributed by atoms with van der Waals surface area (Å²) in [4.78, 5) is 23.4. The number of unbranched alkanes of at least 4 members (excludes halogenated alkanes) is 1. The maximum Gasteiger partial charge on any atom is 0.333 e. The number of carbonyl (C=O) groups excluding carboxylic acids is 2. The van der Waals surface area contributed by atoms with Gasteiger partial charge in [0.2, 0.25) is 0 Å². The predicted octanol–water partition coefficient (Wildman–Crippen LogP) is 2.85. The maximum absolute atomic E-state index is 11.7. The molecule has 0 aliphatic carbocycles. The Labute approximate surface area is 126 Å². The van der Waals surface area contributed by atoms with E-state index < -0.39 is 0 Å². The Morgan fingerprint density at radius 2 is 1.81 bits per heavy atom. The fourth-order valence-corrected chi connectivity index (χ4v) is 2.00. The summed E-state index contributed by atoms with van der Waals surface area (Å²) in [7, 11) is 0. The Kier molecular flexibility index (Phi) is 7.94. The van der Waals surface area contributed by atoms with E-state index in [9.17, 15) is 9.59 Å². The van der Waals surface area contributed by atoms with Gasteiger partial charge in [0, 0.05) is 12.1 Å². The van der Waals surface area contributed by atoms with Crippen molar-refractivity contribution in [3.05, 3.63) is 35.9 Å². The number of nitrogens with one attached hydrogen (secondary N) is 3. The number of benzene rings is 1. The van der Waals surface area contributed by atoms with E-state index in [1.54, 1.807) is 24.3 Å². The van der Waals surface area contributed by atoms with Crippen molar-refractivity contribution < 1.29 is 9.59 Å². The molecule has 0 aromatic heterocycles. The minimum absolute atomic E-state index is 0.330. The van der Waals surface area contributed by atoms with Gasteiger partial charge in [-0.1, -0.05) is 51.3 Å². The van der Waals surface area contributed by atoms with E-state index in [0.29, 0.717) is 18.0 Å². The van der Waals surface area contributed by atoms with E-state index in [1.165, 1.54) is 6.42 Å². The normalized spacial score (nSPS) is 11.5. The fourth-order valence-electron chi connectivity index (χ4n) is 2.00. The first-order valence-electron chi connectivity index (χ1n) is 7.56. The van der Waals surface area contributed by atoms with Gasteiger partial charge in [-0.25, -0.2) is 10.2 Å². The molecule has 0 saturated heterocycles. The Morgan fingerprint density at radius 3 is 2.43 bits per heavy atom. The summed E-state index contributed by atoms with van der Waals surface area (Å²) >= 11 is 0. The van der Waals surface area contributed by atoms with Gasteiger partial charge in [0.25, 0.3) is 5.91 Å². The van der Waals surface area contributed by atoms with Crippen LogP contribution in [0.5, 0.6) is 0 Å². The molecule has 0 saturated carbocycles. The second kappa shape index (κ2) is 9.80. The zero-order valence-electron chi connectivity index (χ0n) is 12.8. The Bertz CT molecular complexity index is 434. The summed E-state index contributed by atoms with van der Waals surface area (Å²) in [5, 5.41) is 2.78. The molecule has 1 unspecified atom stereocenters. The molecule has 0 aliphatic rings. The van der Waals surface area contributed by atoms with Crippen molar-refractivity contribution in [2.24, 2.45) is 5.92 Å². The Balaban J connectivity index is 2.26. The van der Waals surface area contributed by atoms with Crippen LogP contribution in [-0.4, -0.2) is 18.5 Å². The number of carbonyl (C=O) groups is 2. The van der Waals surface area contributed by atoms with E-state index >= 15 is 0 Å². The van der Waals surface area contributed by atoms with Crippen LogP contribution in [0.15, 0.2) is 30.3 Å². The topological polar surface area (TPSA) is 70.2 Å². The van der Waals surface area contributed by atoms with Crippen molar-refractivity contribution in [1.82, 2.24) is 16.2 Å². The highest BCUT2D eigenvalue weighted by Gasteiger charge is 2.09. The van der Waals surface area contributed by atoms with Crippen LogP contribution in [-0.2, 0) is 0 Å². The first-order chi connectivity index (χ1) is 10.2. The summed E-state index contributed by atoms with van der Waals surface area (Å²) in [6.07, 6.45) is 4.49. The first kappa shape index (κ1) is 17.0. The van der Waals surface area contributed by atoms with Gasteiger partial charge in [-0.05, 0) is 24.5 Å². The van der Waals surface area contributed by atoms with Crippen LogP contribution in [0.3, 0.4) is 0 Å². The zero-order valence-corrected chi connectivity index (χ0v) is 12.8. The average Bonchev–Trinajstić information content (AvgIpc) is 2.53.